The van der Waals surface area contributed by atoms with Crippen LogP contribution in [0.15, 0.2) is 18.6 Å². The lowest BCUT2D eigenvalue weighted by Crippen LogP contribution is -2.48. The molecule has 0 amide bonds. The predicted molar refractivity (Wildman–Crippen MR) is 70.3 cm³/mol. The zero-order valence-corrected chi connectivity index (χ0v) is 11.2. The molecule has 0 bridgehead atoms. The zero-order chi connectivity index (χ0) is 12.8. The van der Waals surface area contributed by atoms with Crippen LogP contribution in [0, 0.1) is 0 Å². The quantitative estimate of drug-likeness (QED) is 0.839. The number of likely N-dealkylation sites (N-methyl/N-ethyl adjacent to an activating group) is 1. The SMILES string of the molecule is CCCN1CCOC(C(NC)c2cnccn2)C1. The Morgan fingerprint density at radius 1 is 1.56 bits per heavy atom. The number of nitrogens with one attached hydrogen (secondary N) is 1. The fourth-order valence-electron chi connectivity index (χ4n) is 2.45. The van der Waals surface area contributed by atoms with Crippen molar-refractivity contribution in [3.63, 3.8) is 0 Å². The van der Waals surface area contributed by atoms with Gasteiger partial charge >= 0.3 is 0 Å². The molecule has 1 fully saturated rings. The van der Waals surface area contributed by atoms with Gasteiger partial charge in [-0.05, 0) is 20.0 Å². The van der Waals surface area contributed by atoms with Crippen molar-refractivity contribution in [3.05, 3.63) is 24.3 Å². The number of aromatic nitrogens is 2. The van der Waals surface area contributed by atoms with E-state index in [9.17, 15) is 0 Å². The molecular formula is C13H22N4O. The third-order valence-electron chi connectivity index (χ3n) is 3.30. The largest absolute Gasteiger partial charge is 0.374 e. The van der Waals surface area contributed by atoms with E-state index in [1.54, 1.807) is 12.4 Å². The van der Waals surface area contributed by atoms with E-state index in [1.807, 2.05) is 13.2 Å². The van der Waals surface area contributed by atoms with Crippen LogP contribution in [0.25, 0.3) is 0 Å². The van der Waals surface area contributed by atoms with Gasteiger partial charge in [0.2, 0.25) is 0 Å². The first-order valence-corrected chi connectivity index (χ1v) is 6.62. The second kappa shape index (κ2) is 6.78. The minimum Gasteiger partial charge on any atom is -0.374 e. The molecule has 2 heterocycles. The smallest absolute Gasteiger partial charge is 0.0912 e. The average Bonchev–Trinajstić information content (AvgIpc) is 2.42. The molecule has 1 N–H and O–H groups in total. The van der Waals surface area contributed by atoms with E-state index in [0.717, 1.165) is 31.9 Å². The van der Waals surface area contributed by atoms with Crippen molar-refractivity contribution in [2.75, 3.05) is 33.3 Å². The Kier molecular flexibility index (Phi) is 5.04. The molecule has 0 saturated carbocycles. The van der Waals surface area contributed by atoms with Crippen molar-refractivity contribution in [2.24, 2.45) is 0 Å². The Hall–Kier alpha value is -1.04. The van der Waals surface area contributed by atoms with E-state index in [4.69, 9.17) is 4.74 Å². The second-order valence-electron chi connectivity index (χ2n) is 4.61. The molecule has 5 nitrogen and oxygen atoms in total. The molecule has 1 saturated heterocycles. The maximum atomic E-state index is 5.89. The molecule has 2 unspecified atom stereocenters. The van der Waals surface area contributed by atoms with Crippen molar-refractivity contribution < 1.29 is 4.74 Å². The molecule has 1 aromatic heterocycles. The van der Waals surface area contributed by atoms with Gasteiger partial charge in [0, 0.05) is 25.5 Å². The number of nitrogens with zero attached hydrogens (tertiary/aromatic N) is 3. The summed E-state index contributed by atoms with van der Waals surface area (Å²) >= 11 is 0. The van der Waals surface area contributed by atoms with Crippen LogP contribution in [0.5, 0.6) is 0 Å². The number of rotatable bonds is 5. The lowest BCUT2D eigenvalue weighted by atomic mass is 10.1. The minimum atomic E-state index is 0.110. The van der Waals surface area contributed by atoms with Crippen molar-refractivity contribution >= 4 is 0 Å². The first-order valence-electron chi connectivity index (χ1n) is 6.62. The van der Waals surface area contributed by atoms with Crippen molar-refractivity contribution in [1.82, 2.24) is 20.2 Å². The van der Waals surface area contributed by atoms with E-state index in [1.165, 1.54) is 6.42 Å². The molecule has 2 rings (SSSR count). The van der Waals surface area contributed by atoms with Crippen molar-refractivity contribution in [3.8, 4) is 0 Å². The highest BCUT2D eigenvalue weighted by Gasteiger charge is 2.28. The van der Waals surface area contributed by atoms with Crippen molar-refractivity contribution in [2.45, 2.75) is 25.5 Å². The summed E-state index contributed by atoms with van der Waals surface area (Å²) in [6, 6.07) is 0.110. The van der Waals surface area contributed by atoms with Crippen LogP contribution in [0.2, 0.25) is 0 Å². The number of hydrogen-bond acceptors (Lipinski definition) is 5. The summed E-state index contributed by atoms with van der Waals surface area (Å²) in [4.78, 5) is 11.0. The lowest BCUT2D eigenvalue weighted by Gasteiger charge is -2.36. The molecule has 0 spiro atoms. The van der Waals surface area contributed by atoms with Crippen LogP contribution < -0.4 is 5.32 Å². The van der Waals surface area contributed by atoms with Crippen LogP contribution in [0.1, 0.15) is 25.1 Å². The summed E-state index contributed by atoms with van der Waals surface area (Å²) in [5.41, 5.74) is 0.948. The lowest BCUT2D eigenvalue weighted by molar-refractivity contribution is -0.0466. The molecule has 0 aliphatic carbocycles. The van der Waals surface area contributed by atoms with E-state index in [2.05, 4.69) is 27.1 Å². The monoisotopic (exact) mass is 250 g/mol. The fraction of sp³-hybridized carbons (Fsp3) is 0.692. The van der Waals surface area contributed by atoms with Gasteiger partial charge in [-0.25, -0.2) is 0 Å². The average molecular weight is 250 g/mol. The topological polar surface area (TPSA) is 50.3 Å². The maximum absolute atomic E-state index is 5.89. The Morgan fingerprint density at radius 3 is 3.11 bits per heavy atom. The molecule has 5 heteroatoms. The Bertz CT molecular complexity index is 344. The van der Waals surface area contributed by atoms with Gasteiger partial charge in [0.05, 0.1) is 30.6 Å². The third kappa shape index (κ3) is 3.25. The van der Waals surface area contributed by atoms with E-state index < -0.39 is 0 Å². The molecule has 1 aromatic rings. The highest BCUT2D eigenvalue weighted by atomic mass is 16.5. The summed E-state index contributed by atoms with van der Waals surface area (Å²) in [7, 11) is 1.95. The van der Waals surface area contributed by atoms with E-state index in [-0.39, 0.29) is 12.1 Å². The number of hydrogen-bond donors (Lipinski definition) is 1. The molecule has 18 heavy (non-hydrogen) atoms. The molecular weight excluding hydrogens is 228 g/mol. The molecule has 2 atom stereocenters. The molecule has 1 aliphatic heterocycles. The van der Waals surface area contributed by atoms with Gasteiger partial charge < -0.3 is 10.1 Å². The summed E-state index contributed by atoms with van der Waals surface area (Å²) in [5.74, 6) is 0. The summed E-state index contributed by atoms with van der Waals surface area (Å²) in [5, 5.41) is 3.30. The molecule has 0 radical (unpaired) electrons. The molecule has 1 aliphatic rings. The van der Waals surface area contributed by atoms with Gasteiger partial charge in [0.1, 0.15) is 0 Å². The number of morpholine rings is 1. The van der Waals surface area contributed by atoms with Gasteiger partial charge in [-0.2, -0.15) is 0 Å². The van der Waals surface area contributed by atoms with Gasteiger partial charge in [-0.1, -0.05) is 6.92 Å². The van der Waals surface area contributed by atoms with Gasteiger partial charge in [0.25, 0.3) is 0 Å². The summed E-state index contributed by atoms with van der Waals surface area (Å²) in [6.45, 7) is 6.12. The minimum absolute atomic E-state index is 0.110. The van der Waals surface area contributed by atoms with Gasteiger partial charge in [-0.15, -0.1) is 0 Å². The zero-order valence-electron chi connectivity index (χ0n) is 11.2. The molecule has 0 aromatic carbocycles. The van der Waals surface area contributed by atoms with Crippen LogP contribution in [0.4, 0.5) is 0 Å². The summed E-state index contributed by atoms with van der Waals surface area (Å²) in [6.07, 6.45) is 6.56. The normalized spacial score (nSPS) is 22.9. The maximum Gasteiger partial charge on any atom is 0.0912 e. The second-order valence-corrected chi connectivity index (χ2v) is 4.61. The highest BCUT2D eigenvalue weighted by molar-refractivity contribution is 5.05. The first-order chi connectivity index (χ1) is 8.85. The van der Waals surface area contributed by atoms with E-state index in [0.29, 0.717) is 0 Å². The number of ether oxygens (including phenoxy) is 1. The van der Waals surface area contributed by atoms with Crippen LogP contribution in [-0.2, 0) is 4.74 Å². The third-order valence-corrected chi connectivity index (χ3v) is 3.30. The van der Waals surface area contributed by atoms with Crippen LogP contribution in [-0.4, -0.2) is 54.3 Å². The van der Waals surface area contributed by atoms with Crippen LogP contribution in [0.3, 0.4) is 0 Å². The Labute approximate surface area is 109 Å². The molecule has 100 valence electrons. The first kappa shape index (κ1) is 13.4. The Morgan fingerprint density at radius 2 is 2.44 bits per heavy atom. The van der Waals surface area contributed by atoms with Crippen LogP contribution >= 0.6 is 0 Å². The van der Waals surface area contributed by atoms with Gasteiger partial charge in [-0.3, -0.25) is 14.9 Å². The summed E-state index contributed by atoms with van der Waals surface area (Å²) < 4.78 is 5.89. The van der Waals surface area contributed by atoms with Gasteiger partial charge in [0.15, 0.2) is 0 Å². The standard InChI is InChI=1S/C13H22N4O/c1-3-6-17-7-8-18-12(10-17)13(14-2)11-9-15-4-5-16-11/h4-5,9,12-14H,3,6-8,10H2,1-2H3. The highest BCUT2D eigenvalue weighted by Crippen LogP contribution is 2.20. The fourth-order valence-corrected chi connectivity index (χ4v) is 2.45. The van der Waals surface area contributed by atoms with E-state index >= 15 is 0 Å². The predicted octanol–water partition coefficient (Wildman–Crippen LogP) is 0.848. The van der Waals surface area contributed by atoms with Crippen molar-refractivity contribution in [1.29, 1.82) is 0 Å². The Balaban J connectivity index is 2.03.